The zero-order chi connectivity index (χ0) is 15.4. The molecule has 0 unspecified atom stereocenters. The number of piperazine rings is 1. The highest BCUT2D eigenvalue weighted by Crippen LogP contribution is 2.18. The molecule has 0 spiro atoms. The number of rotatable bonds is 5. The molecule has 6 nitrogen and oxygen atoms in total. The average Bonchev–Trinajstić information content (AvgIpc) is 3.19. The summed E-state index contributed by atoms with van der Waals surface area (Å²) in [4.78, 5) is 19.3. The Labute approximate surface area is 132 Å². The maximum Gasteiger partial charge on any atom is 0.222 e. The number of carbonyl (C=O) groups is 1. The van der Waals surface area contributed by atoms with Gasteiger partial charge in [0.15, 0.2) is 0 Å². The molecule has 0 saturated carbocycles. The Morgan fingerprint density at radius 3 is 2.77 bits per heavy atom. The van der Waals surface area contributed by atoms with Gasteiger partial charge in [0.05, 0.1) is 0 Å². The Kier molecular flexibility index (Phi) is 5.10. The Balaban J connectivity index is 1.39. The molecule has 22 heavy (non-hydrogen) atoms. The van der Waals surface area contributed by atoms with Crippen molar-refractivity contribution in [2.24, 2.45) is 0 Å². The molecule has 122 valence electrons. The van der Waals surface area contributed by atoms with Gasteiger partial charge in [-0.3, -0.25) is 14.4 Å². The van der Waals surface area contributed by atoms with Crippen LogP contribution in [0.5, 0.6) is 0 Å². The molecule has 0 N–H and O–H groups in total. The lowest BCUT2D eigenvalue weighted by Crippen LogP contribution is -2.50. The van der Waals surface area contributed by atoms with E-state index in [0.717, 1.165) is 58.7 Å². The van der Waals surface area contributed by atoms with E-state index in [2.05, 4.69) is 26.8 Å². The van der Waals surface area contributed by atoms with Crippen molar-refractivity contribution >= 4 is 5.91 Å². The zero-order valence-corrected chi connectivity index (χ0v) is 13.5. The number of amides is 1. The first kappa shape index (κ1) is 15.5. The second-order valence-electron chi connectivity index (χ2n) is 6.49. The van der Waals surface area contributed by atoms with Gasteiger partial charge >= 0.3 is 0 Å². The predicted octanol–water partition coefficient (Wildman–Crippen LogP) is 0.512. The Morgan fingerprint density at radius 1 is 1.23 bits per heavy atom. The summed E-state index contributed by atoms with van der Waals surface area (Å²) in [6.45, 7) is 7.25. The van der Waals surface area contributed by atoms with E-state index in [1.165, 1.54) is 0 Å². The Bertz CT molecular complexity index is 467. The first-order valence-corrected chi connectivity index (χ1v) is 8.40. The summed E-state index contributed by atoms with van der Waals surface area (Å²) in [5.74, 6) is 0.309. The van der Waals surface area contributed by atoms with E-state index in [-0.39, 0.29) is 0 Å². The van der Waals surface area contributed by atoms with Crippen molar-refractivity contribution in [1.82, 2.24) is 24.5 Å². The van der Waals surface area contributed by atoms with Crippen molar-refractivity contribution in [2.45, 2.75) is 31.8 Å². The van der Waals surface area contributed by atoms with Crippen LogP contribution in [0.25, 0.3) is 0 Å². The van der Waals surface area contributed by atoms with Gasteiger partial charge in [-0.05, 0) is 26.0 Å². The molecule has 6 heteroatoms. The average molecular weight is 305 g/mol. The van der Waals surface area contributed by atoms with Gasteiger partial charge in [-0.1, -0.05) is 0 Å². The van der Waals surface area contributed by atoms with Gasteiger partial charge in [-0.15, -0.1) is 0 Å². The standard InChI is InChI=1S/C16H27N5O/c1-18-10-12-19(13-11-18)15-5-9-20(14-15)16(22)4-2-7-21-8-3-6-17-21/h3,6,8,15H,2,4-5,7,9-14H2,1H3/t15-/m0/s1. The highest BCUT2D eigenvalue weighted by atomic mass is 16.2. The molecule has 0 aromatic carbocycles. The lowest BCUT2D eigenvalue weighted by Gasteiger charge is -2.36. The third-order valence-electron chi connectivity index (χ3n) is 4.91. The summed E-state index contributed by atoms with van der Waals surface area (Å²) in [5.41, 5.74) is 0. The molecule has 3 rings (SSSR count). The fraction of sp³-hybridized carbons (Fsp3) is 0.750. The smallest absolute Gasteiger partial charge is 0.222 e. The second-order valence-corrected chi connectivity index (χ2v) is 6.49. The van der Waals surface area contributed by atoms with E-state index in [9.17, 15) is 4.79 Å². The second kappa shape index (κ2) is 7.24. The first-order chi connectivity index (χ1) is 10.7. The minimum atomic E-state index is 0.309. The summed E-state index contributed by atoms with van der Waals surface area (Å²) in [7, 11) is 2.18. The van der Waals surface area contributed by atoms with E-state index < -0.39 is 0 Å². The van der Waals surface area contributed by atoms with Crippen molar-refractivity contribution in [3.05, 3.63) is 18.5 Å². The largest absolute Gasteiger partial charge is 0.341 e. The van der Waals surface area contributed by atoms with Crippen LogP contribution in [-0.4, -0.2) is 82.7 Å². The van der Waals surface area contributed by atoms with Crippen molar-refractivity contribution in [3.63, 3.8) is 0 Å². The number of aryl methyl sites for hydroxylation is 1. The van der Waals surface area contributed by atoms with Crippen molar-refractivity contribution < 1.29 is 4.79 Å². The van der Waals surface area contributed by atoms with Gasteiger partial charge in [0.1, 0.15) is 0 Å². The molecule has 2 aliphatic rings. The maximum absolute atomic E-state index is 12.3. The number of hydrogen-bond acceptors (Lipinski definition) is 4. The number of aromatic nitrogens is 2. The summed E-state index contributed by atoms with van der Waals surface area (Å²) in [6, 6.07) is 2.49. The fourth-order valence-electron chi connectivity index (χ4n) is 3.44. The monoisotopic (exact) mass is 305 g/mol. The molecule has 0 radical (unpaired) electrons. The summed E-state index contributed by atoms with van der Waals surface area (Å²) >= 11 is 0. The van der Waals surface area contributed by atoms with Gasteiger partial charge in [-0.2, -0.15) is 5.10 Å². The summed E-state index contributed by atoms with van der Waals surface area (Å²) < 4.78 is 1.89. The Morgan fingerprint density at radius 2 is 2.05 bits per heavy atom. The number of nitrogens with zero attached hydrogens (tertiary/aromatic N) is 5. The molecule has 0 bridgehead atoms. The van der Waals surface area contributed by atoms with Crippen LogP contribution in [0.15, 0.2) is 18.5 Å². The van der Waals surface area contributed by atoms with Gasteiger partial charge in [-0.25, -0.2) is 0 Å². The van der Waals surface area contributed by atoms with Crippen molar-refractivity contribution in [2.75, 3.05) is 46.3 Å². The first-order valence-electron chi connectivity index (χ1n) is 8.40. The van der Waals surface area contributed by atoms with Crippen molar-refractivity contribution in [3.8, 4) is 0 Å². The predicted molar refractivity (Wildman–Crippen MR) is 85.5 cm³/mol. The lowest BCUT2D eigenvalue weighted by atomic mass is 10.2. The van der Waals surface area contributed by atoms with Gasteiger partial charge in [0, 0.05) is 70.7 Å². The van der Waals surface area contributed by atoms with Gasteiger partial charge < -0.3 is 9.80 Å². The minimum absolute atomic E-state index is 0.309. The molecule has 1 atom stereocenters. The van der Waals surface area contributed by atoms with Crippen LogP contribution in [-0.2, 0) is 11.3 Å². The number of likely N-dealkylation sites (tertiary alicyclic amines) is 1. The lowest BCUT2D eigenvalue weighted by molar-refractivity contribution is -0.130. The van der Waals surface area contributed by atoms with Crippen LogP contribution >= 0.6 is 0 Å². The Hall–Kier alpha value is -1.40. The number of carbonyl (C=O) groups excluding carboxylic acids is 1. The minimum Gasteiger partial charge on any atom is -0.341 e. The van der Waals surface area contributed by atoms with Crippen LogP contribution in [0.3, 0.4) is 0 Å². The third-order valence-corrected chi connectivity index (χ3v) is 4.91. The molecular weight excluding hydrogens is 278 g/mol. The topological polar surface area (TPSA) is 44.6 Å². The van der Waals surface area contributed by atoms with Crippen LogP contribution in [0.4, 0.5) is 0 Å². The molecule has 2 fully saturated rings. The third kappa shape index (κ3) is 3.87. The highest BCUT2D eigenvalue weighted by Gasteiger charge is 2.31. The normalized spacial score (nSPS) is 24.0. The van der Waals surface area contributed by atoms with Crippen LogP contribution in [0.1, 0.15) is 19.3 Å². The van der Waals surface area contributed by atoms with E-state index in [1.807, 2.05) is 16.9 Å². The summed E-state index contributed by atoms with van der Waals surface area (Å²) in [6.07, 6.45) is 6.37. The van der Waals surface area contributed by atoms with Gasteiger partial charge in [0.2, 0.25) is 5.91 Å². The molecular formula is C16H27N5O. The van der Waals surface area contributed by atoms with E-state index in [4.69, 9.17) is 0 Å². The number of likely N-dealkylation sites (N-methyl/N-ethyl adjacent to an activating group) is 1. The van der Waals surface area contributed by atoms with E-state index >= 15 is 0 Å². The van der Waals surface area contributed by atoms with Crippen molar-refractivity contribution in [1.29, 1.82) is 0 Å². The summed E-state index contributed by atoms with van der Waals surface area (Å²) in [5, 5.41) is 4.17. The molecule has 3 heterocycles. The number of hydrogen-bond donors (Lipinski definition) is 0. The molecule has 1 aromatic rings. The highest BCUT2D eigenvalue weighted by molar-refractivity contribution is 5.76. The molecule has 2 saturated heterocycles. The maximum atomic E-state index is 12.3. The quantitative estimate of drug-likeness (QED) is 0.795. The van der Waals surface area contributed by atoms with Crippen LogP contribution in [0, 0.1) is 0 Å². The van der Waals surface area contributed by atoms with Gasteiger partial charge in [0.25, 0.3) is 0 Å². The van der Waals surface area contributed by atoms with Crippen LogP contribution in [0.2, 0.25) is 0 Å². The molecule has 0 aliphatic carbocycles. The van der Waals surface area contributed by atoms with Crippen LogP contribution < -0.4 is 0 Å². The SMILES string of the molecule is CN1CCN([C@H]2CCN(C(=O)CCCn3cccn3)C2)CC1. The zero-order valence-electron chi connectivity index (χ0n) is 13.5. The van der Waals surface area contributed by atoms with E-state index in [0.29, 0.717) is 18.4 Å². The molecule has 2 aliphatic heterocycles. The van der Waals surface area contributed by atoms with E-state index in [1.54, 1.807) is 6.20 Å². The fourth-order valence-corrected chi connectivity index (χ4v) is 3.44. The molecule has 1 amide bonds. The molecule has 1 aromatic heterocycles.